The Kier molecular flexibility index (Phi) is 3.33. The standard InChI is InChI=1S/C14H18N4OS/c1-10(12-7-20-11(2)17-12)16-13(19)14(3-4-14)8-18-6-5-15-9-18/h5-7,9-10H,3-4,8H2,1-2H3,(H,16,19). The number of thiazole rings is 1. The molecule has 2 aromatic heterocycles. The van der Waals surface area contributed by atoms with E-state index in [4.69, 9.17) is 0 Å². The molecule has 2 heterocycles. The van der Waals surface area contributed by atoms with Crippen LogP contribution < -0.4 is 5.32 Å². The first-order valence-corrected chi connectivity index (χ1v) is 7.66. The molecule has 3 rings (SSSR count). The fourth-order valence-electron chi connectivity index (χ4n) is 2.34. The van der Waals surface area contributed by atoms with Crippen LogP contribution in [0.3, 0.4) is 0 Å². The molecule has 20 heavy (non-hydrogen) atoms. The molecule has 1 aliphatic carbocycles. The third-order valence-electron chi connectivity index (χ3n) is 3.81. The summed E-state index contributed by atoms with van der Waals surface area (Å²) in [7, 11) is 0. The first-order chi connectivity index (χ1) is 9.59. The summed E-state index contributed by atoms with van der Waals surface area (Å²) >= 11 is 1.61. The molecule has 5 nitrogen and oxygen atoms in total. The lowest BCUT2D eigenvalue weighted by Crippen LogP contribution is -2.36. The van der Waals surface area contributed by atoms with Crippen molar-refractivity contribution in [3.63, 3.8) is 0 Å². The molecule has 1 fully saturated rings. The molecule has 0 aliphatic heterocycles. The molecule has 1 atom stereocenters. The average Bonchev–Trinajstić information content (AvgIpc) is 2.83. The van der Waals surface area contributed by atoms with E-state index in [2.05, 4.69) is 15.3 Å². The Morgan fingerprint density at radius 2 is 2.40 bits per heavy atom. The molecule has 1 N–H and O–H groups in total. The predicted octanol–water partition coefficient (Wildman–Crippen LogP) is 2.31. The minimum atomic E-state index is -0.250. The number of rotatable bonds is 5. The zero-order valence-corrected chi connectivity index (χ0v) is 12.5. The van der Waals surface area contributed by atoms with Crippen molar-refractivity contribution >= 4 is 17.2 Å². The Bertz CT molecular complexity index is 600. The second kappa shape index (κ2) is 5.01. The largest absolute Gasteiger partial charge is 0.347 e. The third-order valence-corrected chi connectivity index (χ3v) is 4.60. The summed E-state index contributed by atoms with van der Waals surface area (Å²) in [5.74, 6) is 0.129. The van der Waals surface area contributed by atoms with Crippen molar-refractivity contribution in [1.82, 2.24) is 19.9 Å². The SMILES string of the molecule is Cc1nc(C(C)NC(=O)C2(Cn3ccnc3)CC2)cs1. The van der Waals surface area contributed by atoms with Gasteiger partial charge in [-0.1, -0.05) is 0 Å². The Balaban J connectivity index is 1.64. The maximum absolute atomic E-state index is 12.5. The summed E-state index contributed by atoms with van der Waals surface area (Å²) in [6.45, 7) is 4.67. The van der Waals surface area contributed by atoms with Crippen LogP contribution >= 0.6 is 11.3 Å². The molecule has 6 heteroatoms. The predicted molar refractivity (Wildman–Crippen MR) is 77.3 cm³/mol. The molecule has 1 unspecified atom stereocenters. The lowest BCUT2D eigenvalue weighted by Gasteiger charge is -2.19. The Hall–Kier alpha value is -1.69. The van der Waals surface area contributed by atoms with Crippen LogP contribution in [0.5, 0.6) is 0 Å². The van der Waals surface area contributed by atoms with Crippen molar-refractivity contribution < 1.29 is 4.79 Å². The molecule has 0 aromatic carbocycles. The summed E-state index contributed by atoms with van der Waals surface area (Å²) in [5.41, 5.74) is 0.694. The lowest BCUT2D eigenvalue weighted by molar-refractivity contribution is -0.127. The number of imidazole rings is 1. The minimum Gasteiger partial charge on any atom is -0.347 e. The molecule has 0 radical (unpaired) electrons. The van der Waals surface area contributed by atoms with E-state index in [1.54, 1.807) is 23.9 Å². The van der Waals surface area contributed by atoms with Crippen molar-refractivity contribution in [3.05, 3.63) is 34.8 Å². The summed E-state index contributed by atoms with van der Waals surface area (Å²) in [6.07, 6.45) is 7.30. The maximum Gasteiger partial charge on any atom is 0.228 e. The first kappa shape index (κ1) is 13.3. The van der Waals surface area contributed by atoms with Gasteiger partial charge in [0, 0.05) is 24.3 Å². The Morgan fingerprint density at radius 3 is 2.95 bits per heavy atom. The van der Waals surface area contributed by atoms with Gasteiger partial charge in [0.25, 0.3) is 0 Å². The fraction of sp³-hybridized carbons (Fsp3) is 0.500. The topological polar surface area (TPSA) is 59.8 Å². The van der Waals surface area contributed by atoms with Gasteiger partial charge in [-0.25, -0.2) is 9.97 Å². The van der Waals surface area contributed by atoms with Gasteiger partial charge in [-0.2, -0.15) is 0 Å². The molecular formula is C14H18N4OS. The van der Waals surface area contributed by atoms with Crippen LogP contribution in [0.25, 0.3) is 0 Å². The van der Waals surface area contributed by atoms with Crippen molar-refractivity contribution in [3.8, 4) is 0 Å². The zero-order chi connectivity index (χ0) is 14.2. The van der Waals surface area contributed by atoms with Crippen LogP contribution in [0.15, 0.2) is 24.1 Å². The van der Waals surface area contributed by atoms with Crippen molar-refractivity contribution in [2.24, 2.45) is 5.41 Å². The van der Waals surface area contributed by atoms with Crippen LogP contribution in [0.1, 0.15) is 36.5 Å². The molecule has 0 saturated heterocycles. The fourth-order valence-corrected chi connectivity index (χ4v) is 3.05. The molecule has 1 amide bonds. The summed E-state index contributed by atoms with van der Waals surface area (Å²) < 4.78 is 1.98. The van der Waals surface area contributed by atoms with Crippen LogP contribution in [0.2, 0.25) is 0 Å². The van der Waals surface area contributed by atoms with Gasteiger partial charge in [0.15, 0.2) is 0 Å². The highest BCUT2D eigenvalue weighted by molar-refractivity contribution is 7.09. The normalized spacial score (nSPS) is 17.7. The van der Waals surface area contributed by atoms with E-state index >= 15 is 0 Å². The van der Waals surface area contributed by atoms with E-state index in [-0.39, 0.29) is 17.4 Å². The molecule has 1 aliphatic rings. The highest BCUT2D eigenvalue weighted by atomic mass is 32.1. The van der Waals surface area contributed by atoms with E-state index in [0.717, 1.165) is 23.5 Å². The number of amides is 1. The highest BCUT2D eigenvalue weighted by Gasteiger charge is 2.50. The van der Waals surface area contributed by atoms with Crippen molar-refractivity contribution in [2.45, 2.75) is 39.3 Å². The summed E-state index contributed by atoms with van der Waals surface area (Å²) in [6, 6.07) is -0.0345. The smallest absolute Gasteiger partial charge is 0.228 e. The lowest BCUT2D eigenvalue weighted by atomic mass is 10.1. The van der Waals surface area contributed by atoms with Crippen LogP contribution in [0, 0.1) is 12.3 Å². The number of aromatic nitrogens is 3. The quantitative estimate of drug-likeness (QED) is 0.919. The van der Waals surface area contributed by atoms with Crippen molar-refractivity contribution in [2.75, 3.05) is 0 Å². The molecular weight excluding hydrogens is 272 g/mol. The van der Waals surface area contributed by atoms with E-state index in [9.17, 15) is 4.79 Å². The van der Waals surface area contributed by atoms with Crippen LogP contribution in [-0.4, -0.2) is 20.4 Å². The van der Waals surface area contributed by atoms with Crippen LogP contribution in [0.4, 0.5) is 0 Å². The van der Waals surface area contributed by atoms with Gasteiger partial charge in [-0.3, -0.25) is 4.79 Å². The third kappa shape index (κ3) is 2.60. The molecule has 0 bridgehead atoms. The Labute approximate surface area is 122 Å². The number of hydrogen-bond acceptors (Lipinski definition) is 4. The number of carbonyl (C=O) groups excluding carboxylic acids is 1. The van der Waals surface area contributed by atoms with Crippen LogP contribution in [-0.2, 0) is 11.3 Å². The summed E-state index contributed by atoms with van der Waals surface area (Å²) in [5, 5.41) is 6.13. The van der Waals surface area contributed by atoms with Gasteiger partial charge in [-0.05, 0) is 26.7 Å². The van der Waals surface area contributed by atoms with Gasteiger partial charge in [0.1, 0.15) is 0 Å². The van der Waals surface area contributed by atoms with Gasteiger partial charge in [0.2, 0.25) is 5.91 Å². The van der Waals surface area contributed by atoms with Gasteiger partial charge in [-0.15, -0.1) is 11.3 Å². The number of nitrogens with one attached hydrogen (secondary N) is 1. The molecule has 1 saturated carbocycles. The molecule has 0 spiro atoms. The maximum atomic E-state index is 12.5. The Morgan fingerprint density at radius 1 is 1.60 bits per heavy atom. The second-order valence-electron chi connectivity index (χ2n) is 5.50. The average molecular weight is 290 g/mol. The van der Waals surface area contributed by atoms with Gasteiger partial charge < -0.3 is 9.88 Å². The van der Waals surface area contributed by atoms with E-state index in [1.807, 2.05) is 30.0 Å². The van der Waals surface area contributed by atoms with E-state index < -0.39 is 0 Å². The molecule has 106 valence electrons. The van der Waals surface area contributed by atoms with Crippen molar-refractivity contribution in [1.29, 1.82) is 0 Å². The second-order valence-corrected chi connectivity index (χ2v) is 6.56. The number of hydrogen-bond donors (Lipinski definition) is 1. The monoisotopic (exact) mass is 290 g/mol. The summed E-state index contributed by atoms with van der Waals surface area (Å²) in [4.78, 5) is 20.9. The number of aryl methyl sites for hydroxylation is 1. The van der Waals surface area contributed by atoms with Gasteiger partial charge in [0.05, 0.1) is 28.5 Å². The first-order valence-electron chi connectivity index (χ1n) is 6.78. The number of nitrogens with zero attached hydrogens (tertiary/aromatic N) is 3. The van der Waals surface area contributed by atoms with E-state index in [1.165, 1.54) is 0 Å². The highest BCUT2D eigenvalue weighted by Crippen LogP contribution is 2.47. The molecule has 2 aromatic rings. The van der Waals surface area contributed by atoms with Gasteiger partial charge >= 0.3 is 0 Å². The zero-order valence-electron chi connectivity index (χ0n) is 11.7. The minimum absolute atomic E-state index is 0.0345. The number of carbonyl (C=O) groups is 1. The van der Waals surface area contributed by atoms with E-state index in [0.29, 0.717) is 6.54 Å².